The minimum atomic E-state index is -0.207. The van der Waals surface area contributed by atoms with Crippen molar-refractivity contribution in [2.24, 2.45) is 0 Å². The molecule has 0 aliphatic rings. The van der Waals surface area contributed by atoms with Gasteiger partial charge < -0.3 is 14.8 Å². The molecule has 0 saturated carbocycles. The molecule has 0 fully saturated rings. The zero-order chi connectivity index (χ0) is 18.4. The highest BCUT2D eigenvalue weighted by Gasteiger charge is 2.19. The van der Waals surface area contributed by atoms with Gasteiger partial charge >= 0.3 is 0 Å². The maximum Gasteiger partial charge on any atom is 0.237 e. The number of benzene rings is 1. The summed E-state index contributed by atoms with van der Waals surface area (Å²) in [5.74, 6) is 1.34. The summed E-state index contributed by atoms with van der Waals surface area (Å²) in [5.41, 5.74) is 2.24. The molecule has 1 N–H and O–H groups in total. The van der Waals surface area contributed by atoms with E-state index >= 15 is 0 Å². The van der Waals surface area contributed by atoms with E-state index in [1.807, 2.05) is 32.2 Å². The van der Waals surface area contributed by atoms with Crippen molar-refractivity contribution < 1.29 is 14.3 Å². The Bertz CT molecular complexity index is 714. The summed E-state index contributed by atoms with van der Waals surface area (Å²) >= 11 is 1.73. The summed E-state index contributed by atoms with van der Waals surface area (Å²) in [6.07, 6.45) is 0. The van der Waals surface area contributed by atoms with Crippen LogP contribution >= 0.6 is 11.3 Å². The van der Waals surface area contributed by atoms with Gasteiger partial charge in [-0.2, -0.15) is 0 Å². The Morgan fingerprint density at radius 1 is 1.24 bits per heavy atom. The van der Waals surface area contributed by atoms with Gasteiger partial charge in [-0.25, -0.2) is 0 Å². The summed E-state index contributed by atoms with van der Waals surface area (Å²) in [6, 6.07) is 7.54. The highest BCUT2D eigenvalue weighted by molar-refractivity contribution is 7.10. The third kappa shape index (κ3) is 4.96. The third-order valence-corrected chi connectivity index (χ3v) is 5.32. The first-order valence-corrected chi connectivity index (χ1v) is 9.06. The molecule has 1 amide bonds. The second-order valence-electron chi connectivity index (χ2n) is 6.03. The number of methoxy groups -OCH3 is 2. The number of amides is 1. The van der Waals surface area contributed by atoms with Crippen LogP contribution in [0.4, 0.5) is 0 Å². The number of likely N-dealkylation sites (N-methyl/N-ethyl adjacent to an activating group) is 1. The standard InChI is InChI=1S/C19H26N2O3S/c1-13-8-9-25-18(13)12-21(3)14(2)19(22)20-11-15-6-7-16(23-4)17(10-15)24-5/h6-10,14H,11-12H2,1-5H3,(H,20,22). The smallest absolute Gasteiger partial charge is 0.237 e. The van der Waals surface area contributed by atoms with Crippen LogP contribution < -0.4 is 14.8 Å². The molecule has 2 aromatic rings. The number of nitrogens with one attached hydrogen (secondary N) is 1. The van der Waals surface area contributed by atoms with E-state index in [0.29, 0.717) is 18.0 Å². The molecule has 1 aromatic carbocycles. The molecule has 0 radical (unpaired) electrons. The van der Waals surface area contributed by atoms with Gasteiger partial charge in [0.2, 0.25) is 5.91 Å². The summed E-state index contributed by atoms with van der Waals surface area (Å²) < 4.78 is 10.5. The minimum absolute atomic E-state index is 0.00601. The van der Waals surface area contributed by atoms with Crippen molar-refractivity contribution in [2.75, 3.05) is 21.3 Å². The Labute approximate surface area is 153 Å². The number of carbonyl (C=O) groups excluding carboxylic acids is 1. The van der Waals surface area contributed by atoms with E-state index < -0.39 is 0 Å². The molecule has 136 valence electrons. The first kappa shape index (κ1) is 19.3. The molecule has 5 nitrogen and oxygen atoms in total. The Balaban J connectivity index is 1.91. The molecule has 0 aliphatic carbocycles. The Morgan fingerprint density at radius 3 is 2.56 bits per heavy atom. The molecule has 1 unspecified atom stereocenters. The number of thiophene rings is 1. The third-order valence-electron chi connectivity index (χ3n) is 4.32. The van der Waals surface area contributed by atoms with E-state index in [4.69, 9.17) is 9.47 Å². The number of carbonyl (C=O) groups is 1. The molecule has 0 aliphatic heterocycles. The van der Waals surface area contributed by atoms with Crippen molar-refractivity contribution in [2.45, 2.75) is 33.0 Å². The van der Waals surface area contributed by atoms with Crippen LogP contribution in [-0.4, -0.2) is 38.1 Å². The summed E-state index contributed by atoms with van der Waals surface area (Å²) in [5, 5.41) is 5.07. The number of hydrogen-bond acceptors (Lipinski definition) is 5. The van der Waals surface area contributed by atoms with Gasteiger partial charge in [-0.05, 0) is 55.6 Å². The SMILES string of the molecule is COc1ccc(CNC(=O)C(C)N(C)Cc2sccc2C)cc1OC. The molecule has 0 spiro atoms. The summed E-state index contributed by atoms with van der Waals surface area (Å²) in [6.45, 7) is 5.25. The van der Waals surface area contributed by atoms with Crippen molar-refractivity contribution in [1.82, 2.24) is 10.2 Å². The number of rotatable bonds is 8. The van der Waals surface area contributed by atoms with Crippen molar-refractivity contribution in [3.8, 4) is 11.5 Å². The van der Waals surface area contributed by atoms with Crippen LogP contribution in [-0.2, 0) is 17.9 Å². The lowest BCUT2D eigenvalue weighted by atomic mass is 10.2. The maximum absolute atomic E-state index is 12.4. The predicted octanol–water partition coefficient (Wildman–Crippen LogP) is 3.21. The Morgan fingerprint density at radius 2 is 1.96 bits per heavy atom. The van der Waals surface area contributed by atoms with Crippen molar-refractivity contribution in [1.29, 1.82) is 0 Å². The topological polar surface area (TPSA) is 50.8 Å². The molecular formula is C19H26N2O3S. The second-order valence-corrected chi connectivity index (χ2v) is 7.03. The van der Waals surface area contributed by atoms with E-state index in [0.717, 1.165) is 12.1 Å². The van der Waals surface area contributed by atoms with Crippen LogP contribution in [0.5, 0.6) is 11.5 Å². The first-order chi connectivity index (χ1) is 12.0. The lowest BCUT2D eigenvalue weighted by Gasteiger charge is -2.23. The van der Waals surface area contributed by atoms with E-state index in [2.05, 4.69) is 28.6 Å². The lowest BCUT2D eigenvalue weighted by molar-refractivity contribution is -0.125. The molecule has 25 heavy (non-hydrogen) atoms. The molecule has 1 aromatic heterocycles. The molecular weight excluding hydrogens is 336 g/mol. The fourth-order valence-corrected chi connectivity index (χ4v) is 3.43. The maximum atomic E-state index is 12.4. The molecule has 1 atom stereocenters. The zero-order valence-electron chi connectivity index (χ0n) is 15.5. The second kappa shape index (κ2) is 8.87. The number of aryl methyl sites for hydroxylation is 1. The van der Waals surface area contributed by atoms with Gasteiger partial charge in [0.1, 0.15) is 0 Å². The summed E-state index contributed by atoms with van der Waals surface area (Å²) in [7, 11) is 5.18. The Kier molecular flexibility index (Phi) is 6.84. The molecule has 2 rings (SSSR count). The van der Waals surface area contributed by atoms with Crippen LogP contribution in [0.3, 0.4) is 0 Å². The number of hydrogen-bond donors (Lipinski definition) is 1. The van der Waals surface area contributed by atoms with Gasteiger partial charge in [0.05, 0.1) is 20.3 Å². The van der Waals surface area contributed by atoms with Crippen LogP contribution in [0, 0.1) is 6.92 Å². The molecule has 0 saturated heterocycles. The van der Waals surface area contributed by atoms with Gasteiger partial charge in [-0.3, -0.25) is 9.69 Å². The van der Waals surface area contributed by atoms with Gasteiger partial charge in [0.15, 0.2) is 11.5 Å². The first-order valence-electron chi connectivity index (χ1n) is 8.18. The average Bonchev–Trinajstić information content (AvgIpc) is 3.03. The monoisotopic (exact) mass is 362 g/mol. The number of nitrogens with zero attached hydrogens (tertiary/aromatic N) is 1. The zero-order valence-corrected chi connectivity index (χ0v) is 16.3. The largest absolute Gasteiger partial charge is 0.493 e. The number of ether oxygens (including phenoxy) is 2. The van der Waals surface area contributed by atoms with Gasteiger partial charge in [-0.1, -0.05) is 6.07 Å². The van der Waals surface area contributed by atoms with Crippen molar-refractivity contribution >= 4 is 17.2 Å². The fraction of sp³-hybridized carbons (Fsp3) is 0.421. The van der Waals surface area contributed by atoms with Crippen LogP contribution in [0.15, 0.2) is 29.6 Å². The predicted molar refractivity (Wildman–Crippen MR) is 101 cm³/mol. The highest BCUT2D eigenvalue weighted by atomic mass is 32.1. The highest BCUT2D eigenvalue weighted by Crippen LogP contribution is 2.27. The van der Waals surface area contributed by atoms with E-state index in [-0.39, 0.29) is 11.9 Å². The van der Waals surface area contributed by atoms with Crippen molar-refractivity contribution in [3.05, 3.63) is 45.6 Å². The van der Waals surface area contributed by atoms with Crippen LogP contribution in [0.2, 0.25) is 0 Å². The quantitative estimate of drug-likeness (QED) is 0.783. The molecule has 6 heteroatoms. The van der Waals surface area contributed by atoms with Crippen molar-refractivity contribution in [3.63, 3.8) is 0 Å². The van der Waals surface area contributed by atoms with Crippen LogP contribution in [0.25, 0.3) is 0 Å². The molecule has 0 bridgehead atoms. The van der Waals surface area contributed by atoms with Crippen LogP contribution in [0.1, 0.15) is 22.9 Å². The van der Waals surface area contributed by atoms with Gasteiger partial charge in [0.25, 0.3) is 0 Å². The average molecular weight is 362 g/mol. The fourth-order valence-electron chi connectivity index (χ4n) is 2.46. The van der Waals surface area contributed by atoms with E-state index in [1.165, 1.54) is 10.4 Å². The molecule has 1 heterocycles. The normalized spacial score (nSPS) is 12.1. The van der Waals surface area contributed by atoms with E-state index in [9.17, 15) is 4.79 Å². The van der Waals surface area contributed by atoms with Gasteiger partial charge in [-0.15, -0.1) is 11.3 Å². The summed E-state index contributed by atoms with van der Waals surface area (Å²) in [4.78, 5) is 15.8. The lowest BCUT2D eigenvalue weighted by Crippen LogP contribution is -2.42. The Hall–Kier alpha value is -2.05. The van der Waals surface area contributed by atoms with Gasteiger partial charge in [0, 0.05) is 18.0 Å². The minimum Gasteiger partial charge on any atom is -0.493 e. The van der Waals surface area contributed by atoms with E-state index in [1.54, 1.807) is 25.6 Å².